The number of aromatic nitrogens is 1. The third-order valence-electron chi connectivity index (χ3n) is 2.84. The Bertz CT molecular complexity index is 505. The molecule has 1 aliphatic rings. The van der Waals surface area contributed by atoms with E-state index in [9.17, 15) is 4.79 Å². The number of nitrogens with zero attached hydrogens (tertiary/aromatic N) is 2. The van der Waals surface area contributed by atoms with Crippen LogP contribution in [0.25, 0.3) is 0 Å². The first-order chi connectivity index (χ1) is 8.61. The molecule has 4 nitrogen and oxygen atoms in total. The van der Waals surface area contributed by atoms with Gasteiger partial charge >= 0.3 is 0 Å². The normalized spacial score (nSPS) is 14.0. The van der Waals surface area contributed by atoms with Crippen LogP contribution in [0.4, 0.5) is 5.69 Å². The molecule has 0 unspecified atom stereocenters. The first-order valence-electron chi connectivity index (χ1n) is 5.75. The van der Waals surface area contributed by atoms with Crippen molar-refractivity contribution in [1.82, 2.24) is 9.88 Å². The van der Waals surface area contributed by atoms with Gasteiger partial charge in [0.15, 0.2) is 0 Å². The lowest BCUT2D eigenvalue weighted by atomic mass is 10.2. The van der Waals surface area contributed by atoms with E-state index in [2.05, 4.69) is 10.9 Å². The molecule has 1 amide bonds. The maximum absolute atomic E-state index is 12.3. The molecule has 0 bridgehead atoms. The molecule has 18 heavy (non-hydrogen) atoms. The molecule has 0 atom stereocenters. The van der Waals surface area contributed by atoms with Crippen LogP contribution < -0.4 is 5.73 Å². The molecular formula is C13H14ClN3O. The summed E-state index contributed by atoms with van der Waals surface area (Å²) < 4.78 is 0. The van der Waals surface area contributed by atoms with E-state index in [0.29, 0.717) is 23.7 Å². The van der Waals surface area contributed by atoms with Gasteiger partial charge < -0.3 is 10.6 Å². The van der Waals surface area contributed by atoms with Gasteiger partial charge in [-0.25, -0.2) is 4.98 Å². The molecule has 1 aromatic rings. The molecule has 1 heterocycles. The fourth-order valence-electron chi connectivity index (χ4n) is 1.73. The van der Waals surface area contributed by atoms with E-state index in [1.807, 2.05) is 0 Å². The zero-order chi connectivity index (χ0) is 13.1. The van der Waals surface area contributed by atoms with Crippen molar-refractivity contribution in [3.63, 3.8) is 0 Å². The molecule has 0 aliphatic heterocycles. The van der Waals surface area contributed by atoms with Crippen molar-refractivity contribution in [1.29, 1.82) is 0 Å². The van der Waals surface area contributed by atoms with Crippen LogP contribution in [-0.4, -0.2) is 28.9 Å². The third-order valence-corrected chi connectivity index (χ3v) is 3.14. The number of hydrogen-bond donors (Lipinski definition) is 1. The van der Waals surface area contributed by atoms with Gasteiger partial charge in [0.2, 0.25) is 0 Å². The first-order valence-corrected chi connectivity index (χ1v) is 6.13. The fourth-order valence-corrected chi connectivity index (χ4v) is 1.91. The van der Waals surface area contributed by atoms with Crippen LogP contribution in [-0.2, 0) is 0 Å². The van der Waals surface area contributed by atoms with Crippen LogP contribution in [0, 0.1) is 18.3 Å². The second kappa shape index (κ2) is 5.28. The molecule has 0 spiro atoms. The molecule has 0 radical (unpaired) electrons. The largest absolute Gasteiger partial charge is 0.397 e. The summed E-state index contributed by atoms with van der Waals surface area (Å²) in [5, 5.41) is 0.159. The van der Waals surface area contributed by atoms with Crippen LogP contribution in [0.3, 0.4) is 0 Å². The molecule has 2 N–H and O–H groups in total. The maximum Gasteiger partial charge on any atom is 0.257 e. The highest BCUT2D eigenvalue weighted by Crippen LogP contribution is 2.30. The summed E-state index contributed by atoms with van der Waals surface area (Å²) in [6.07, 6.45) is 9.01. The van der Waals surface area contributed by atoms with Crippen molar-refractivity contribution in [2.24, 2.45) is 5.92 Å². The van der Waals surface area contributed by atoms with Crippen LogP contribution in [0.1, 0.15) is 23.2 Å². The van der Waals surface area contributed by atoms with E-state index in [1.165, 1.54) is 12.3 Å². The molecule has 2 rings (SSSR count). The Morgan fingerprint density at radius 3 is 3.00 bits per heavy atom. The average Bonchev–Trinajstić information content (AvgIpc) is 3.15. The maximum atomic E-state index is 12.3. The Morgan fingerprint density at radius 1 is 1.67 bits per heavy atom. The number of hydrogen-bond acceptors (Lipinski definition) is 3. The topological polar surface area (TPSA) is 59.2 Å². The van der Waals surface area contributed by atoms with Gasteiger partial charge in [-0.1, -0.05) is 17.5 Å². The summed E-state index contributed by atoms with van der Waals surface area (Å²) in [6, 6.07) is 1.54. The molecule has 5 heteroatoms. The zero-order valence-corrected chi connectivity index (χ0v) is 10.7. The predicted octanol–water partition coefficient (Wildman–Crippen LogP) is 1.80. The first kappa shape index (κ1) is 12.7. The Morgan fingerprint density at radius 2 is 2.39 bits per heavy atom. The van der Waals surface area contributed by atoms with E-state index in [0.717, 1.165) is 12.8 Å². The molecule has 0 aromatic carbocycles. The Balaban J connectivity index is 2.20. The lowest BCUT2D eigenvalue weighted by Gasteiger charge is -2.20. The predicted molar refractivity (Wildman–Crippen MR) is 71.1 cm³/mol. The Labute approximate surface area is 111 Å². The number of rotatable bonds is 4. The minimum absolute atomic E-state index is 0.159. The molecule has 1 saturated carbocycles. The van der Waals surface area contributed by atoms with Gasteiger partial charge in [-0.05, 0) is 24.8 Å². The number of terminal acetylenes is 1. The second-order valence-electron chi connectivity index (χ2n) is 4.44. The molecule has 1 fully saturated rings. The van der Waals surface area contributed by atoms with Gasteiger partial charge in [0.05, 0.1) is 24.0 Å². The monoisotopic (exact) mass is 263 g/mol. The lowest BCUT2D eigenvalue weighted by Crippen LogP contribution is -2.33. The highest BCUT2D eigenvalue weighted by Gasteiger charge is 2.27. The molecule has 1 aromatic heterocycles. The van der Waals surface area contributed by atoms with Crippen LogP contribution in [0.5, 0.6) is 0 Å². The summed E-state index contributed by atoms with van der Waals surface area (Å²) in [6.45, 7) is 0.953. The van der Waals surface area contributed by atoms with Gasteiger partial charge in [0.1, 0.15) is 5.15 Å². The number of amides is 1. The standard InChI is InChI=1S/C13H14ClN3O/c1-2-5-17(8-9-3-4-9)13(18)11-6-10(15)7-16-12(11)14/h1,6-7,9H,3-5,8,15H2. The number of carbonyl (C=O) groups is 1. The summed E-state index contributed by atoms with van der Waals surface area (Å²) >= 11 is 5.92. The number of nitrogens with two attached hydrogens (primary N) is 1. The number of anilines is 1. The van der Waals surface area contributed by atoms with E-state index in [-0.39, 0.29) is 17.6 Å². The van der Waals surface area contributed by atoms with Crippen molar-refractivity contribution >= 4 is 23.2 Å². The van der Waals surface area contributed by atoms with E-state index >= 15 is 0 Å². The zero-order valence-electron chi connectivity index (χ0n) is 9.90. The van der Waals surface area contributed by atoms with Crippen molar-refractivity contribution in [3.05, 3.63) is 23.0 Å². The van der Waals surface area contributed by atoms with Crippen LogP contribution in [0.15, 0.2) is 12.3 Å². The van der Waals surface area contributed by atoms with E-state index in [4.69, 9.17) is 23.8 Å². The summed E-state index contributed by atoms with van der Waals surface area (Å²) in [5.41, 5.74) is 6.35. The highest BCUT2D eigenvalue weighted by molar-refractivity contribution is 6.32. The van der Waals surface area contributed by atoms with Gasteiger partial charge in [0, 0.05) is 6.54 Å². The molecule has 1 aliphatic carbocycles. The highest BCUT2D eigenvalue weighted by atomic mass is 35.5. The van der Waals surface area contributed by atoms with Crippen molar-refractivity contribution in [2.75, 3.05) is 18.8 Å². The quantitative estimate of drug-likeness (QED) is 0.666. The number of pyridine rings is 1. The minimum Gasteiger partial charge on any atom is -0.397 e. The van der Waals surface area contributed by atoms with E-state index in [1.54, 1.807) is 4.90 Å². The number of nitrogen functional groups attached to an aromatic ring is 1. The molecule has 94 valence electrons. The average molecular weight is 264 g/mol. The summed E-state index contributed by atoms with van der Waals surface area (Å²) in [4.78, 5) is 17.8. The van der Waals surface area contributed by atoms with Gasteiger partial charge in [-0.15, -0.1) is 6.42 Å². The van der Waals surface area contributed by atoms with Crippen molar-refractivity contribution in [3.8, 4) is 12.3 Å². The Hall–Kier alpha value is -1.73. The van der Waals surface area contributed by atoms with Crippen LogP contribution >= 0.6 is 11.6 Å². The van der Waals surface area contributed by atoms with E-state index < -0.39 is 0 Å². The Kier molecular flexibility index (Phi) is 3.73. The van der Waals surface area contributed by atoms with Gasteiger partial charge in [-0.2, -0.15) is 0 Å². The molecule has 0 saturated heterocycles. The lowest BCUT2D eigenvalue weighted by molar-refractivity contribution is 0.0769. The number of halogens is 1. The SMILES string of the molecule is C#CCN(CC1CC1)C(=O)c1cc(N)cnc1Cl. The van der Waals surface area contributed by atoms with Crippen LogP contribution in [0.2, 0.25) is 5.15 Å². The minimum atomic E-state index is -0.204. The number of carbonyl (C=O) groups excluding carboxylic acids is 1. The second-order valence-corrected chi connectivity index (χ2v) is 4.80. The van der Waals surface area contributed by atoms with Crippen molar-refractivity contribution < 1.29 is 4.79 Å². The van der Waals surface area contributed by atoms with Gasteiger partial charge in [0.25, 0.3) is 5.91 Å². The fraction of sp³-hybridized carbons (Fsp3) is 0.385. The summed E-state index contributed by atoms with van der Waals surface area (Å²) in [5.74, 6) is 2.86. The van der Waals surface area contributed by atoms with Crippen molar-refractivity contribution in [2.45, 2.75) is 12.8 Å². The summed E-state index contributed by atoms with van der Waals surface area (Å²) in [7, 11) is 0. The molecular weight excluding hydrogens is 250 g/mol. The third kappa shape index (κ3) is 2.93. The smallest absolute Gasteiger partial charge is 0.257 e. The van der Waals surface area contributed by atoms with Gasteiger partial charge in [-0.3, -0.25) is 4.79 Å².